The van der Waals surface area contributed by atoms with Crippen LogP contribution in [0.25, 0.3) is 0 Å². The van der Waals surface area contributed by atoms with Gasteiger partial charge in [0.2, 0.25) is 5.91 Å². The number of fused-ring (bicyclic) bond motifs is 1. The third-order valence-corrected chi connectivity index (χ3v) is 4.68. The maximum absolute atomic E-state index is 12.3. The molecule has 3 heterocycles. The normalized spacial score (nSPS) is 17.4. The van der Waals surface area contributed by atoms with Crippen molar-refractivity contribution in [2.45, 2.75) is 19.5 Å². The Hall–Kier alpha value is -2.08. The molecule has 0 fully saturated rings. The quantitative estimate of drug-likeness (QED) is 0.941. The fraction of sp³-hybridized carbons (Fsp3) is 0.333. The Kier molecular flexibility index (Phi) is 3.79. The van der Waals surface area contributed by atoms with E-state index in [4.69, 9.17) is 0 Å². The van der Waals surface area contributed by atoms with Crippen molar-refractivity contribution in [1.29, 1.82) is 0 Å². The molecule has 0 bridgehead atoms. The molecule has 1 N–H and O–H groups in total. The number of carbonyl (C=O) groups excluding carboxylic acids is 2. The summed E-state index contributed by atoms with van der Waals surface area (Å²) in [6, 6.07) is 7.65. The number of amides is 2. The van der Waals surface area contributed by atoms with E-state index in [-0.39, 0.29) is 24.4 Å². The number of rotatable bonds is 3. The largest absolute Gasteiger partial charge is 0.348 e. The number of nitrogens with one attached hydrogen (secondary N) is 1. The van der Waals surface area contributed by atoms with Crippen molar-refractivity contribution in [2.24, 2.45) is 0 Å². The van der Waals surface area contributed by atoms with Gasteiger partial charge in [0.15, 0.2) is 0 Å². The van der Waals surface area contributed by atoms with Gasteiger partial charge in [0.1, 0.15) is 0 Å². The zero-order valence-electron chi connectivity index (χ0n) is 11.8. The molecule has 2 amide bonds. The van der Waals surface area contributed by atoms with Crippen LogP contribution in [-0.2, 0) is 11.3 Å². The van der Waals surface area contributed by atoms with Gasteiger partial charge in [-0.1, -0.05) is 6.07 Å². The van der Waals surface area contributed by atoms with Crippen LogP contribution in [0.15, 0.2) is 35.8 Å². The van der Waals surface area contributed by atoms with Crippen LogP contribution in [0, 0.1) is 0 Å². The summed E-state index contributed by atoms with van der Waals surface area (Å²) in [5, 5.41) is 4.54. The molecule has 21 heavy (non-hydrogen) atoms. The Bertz CT molecular complexity index is 648. The second-order valence-electron chi connectivity index (χ2n) is 5.05. The summed E-state index contributed by atoms with van der Waals surface area (Å²) in [4.78, 5) is 26.6. The monoisotopic (exact) mass is 303 g/mol. The summed E-state index contributed by atoms with van der Waals surface area (Å²) < 4.78 is 2.17. The van der Waals surface area contributed by atoms with Crippen LogP contribution >= 0.6 is 11.3 Å². The van der Waals surface area contributed by atoms with Crippen LogP contribution in [0.1, 0.15) is 28.3 Å². The predicted octanol–water partition coefficient (Wildman–Crippen LogP) is 1.88. The first-order valence-corrected chi connectivity index (χ1v) is 7.81. The molecule has 6 heteroatoms. The molecule has 2 aromatic rings. The second-order valence-corrected chi connectivity index (χ2v) is 6.00. The van der Waals surface area contributed by atoms with Crippen LogP contribution < -0.4 is 5.32 Å². The fourth-order valence-corrected chi connectivity index (χ4v) is 3.31. The number of aromatic nitrogens is 1. The van der Waals surface area contributed by atoms with E-state index in [1.54, 1.807) is 6.07 Å². The molecule has 0 saturated heterocycles. The van der Waals surface area contributed by atoms with E-state index in [0.29, 0.717) is 11.4 Å². The summed E-state index contributed by atoms with van der Waals surface area (Å²) in [5.74, 6) is -0.230. The Balaban J connectivity index is 1.60. The molecule has 0 aliphatic carbocycles. The molecular formula is C15H17N3O2S. The van der Waals surface area contributed by atoms with Gasteiger partial charge in [0.05, 0.1) is 17.5 Å². The maximum atomic E-state index is 12.3. The molecule has 0 spiro atoms. The van der Waals surface area contributed by atoms with E-state index in [2.05, 4.69) is 9.88 Å². The Morgan fingerprint density at radius 2 is 2.19 bits per heavy atom. The summed E-state index contributed by atoms with van der Waals surface area (Å²) in [6.45, 7) is 3.54. The Morgan fingerprint density at radius 1 is 1.33 bits per heavy atom. The van der Waals surface area contributed by atoms with Gasteiger partial charge in [-0.25, -0.2) is 0 Å². The zero-order valence-corrected chi connectivity index (χ0v) is 12.6. The maximum Gasteiger partial charge on any atom is 0.261 e. The van der Waals surface area contributed by atoms with Gasteiger partial charge in [-0.2, -0.15) is 0 Å². The minimum absolute atomic E-state index is 0.0416. The van der Waals surface area contributed by atoms with Crippen LogP contribution in [0.3, 0.4) is 0 Å². The van der Waals surface area contributed by atoms with Crippen molar-refractivity contribution in [3.63, 3.8) is 0 Å². The summed E-state index contributed by atoms with van der Waals surface area (Å²) in [7, 11) is 0. The number of hydrogen-bond donors (Lipinski definition) is 1. The SMILES string of the molecule is C[C@H]1c2cccn2CCN1C(=O)CNC(=O)c1cccs1. The van der Waals surface area contributed by atoms with Crippen molar-refractivity contribution in [1.82, 2.24) is 14.8 Å². The standard InChI is InChI=1S/C15H17N3O2S/c1-11-12-4-2-6-17(12)7-8-18(11)14(19)10-16-15(20)13-5-3-9-21-13/h2-6,9,11H,7-8,10H2,1H3,(H,16,20)/t11-/m0/s1. The molecule has 1 aliphatic rings. The molecule has 0 aromatic carbocycles. The number of hydrogen-bond acceptors (Lipinski definition) is 3. The molecular weight excluding hydrogens is 286 g/mol. The lowest BCUT2D eigenvalue weighted by molar-refractivity contribution is -0.133. The van der Waals surface area contributed by atoms with Crippen molar-refractivity contribution in [3.05, 3.63) is 46.4 Å². The summed E-state index contributed by atoms with van der Waals surface area (Å²) in [5.41, 5.74) is 1.14. The van der Waals surface area contributed by atoms with Crippen LogP contribution in [0.5, 0.6) is 0 Å². The Morgan fingerprint density at radius 3 is 2.95 bits per heavy atom. The van der Waals surface area contributed by atoms with Gasteiger partial charge in [0.25, 0.3) is 5.91 Å². The van der Waals surface area contributed by atoms with Gasteiger partial charge >= 0.3 is 0 Å². The molecule has 110 valence electrons. The lowest BCUT2D eigenvalue weighted by Gasteiger charge is -2.35. The Labute approximate surface area is 127 Å². The van der Waals surface area contributed by atoms with Gasteiger partial charge in [0, 0.05) is 25.0 Å². The first-order chi connectivity index (χ1) is 10.2. The fourth-order valence-electron chi connectivity index (χ4n) is 2.67. The van der Waals surface area contributed by atoms with Crippen molar-refractivity contribution < 1.29 is 9.59 Å². The third kappa shape index (κ3) is 2.71. The van der Waals surface area contributed by atoms with Crippen molar-refractivity contribution >= 4 is 23.2 Å². The topological polar surface area (TPSA) is 54.3 Å². The van der Waals surface area contributed by atoms with Gasteiger partial charge in [-0.05, 0) is 30.5 Å². The van der Waals surface area contributed by atoms with Gasteiger partial charge in [-0.15, -0.1) is 11.3 Å². The highest BCUT2D eigenvalue weighted by atomic mass is 32.1. The third-order valence-electron chi connectivity index (χ3n) is 3.81. The number of thiophene rings is 1. The lowest BCUT2D eigenvalue weighted by Crippen LogP contribution is -2.45. The van der Waals surface area contributed by atoms with E-state index in [9.17, 15) is 9.59 Å². The molecule has 0 unspecified atom stereocenters. The highest BCUT2D eigenvalue weighted by molar-refractivity contribution is 7.12. The van der Waals surface area contributed by atoms with Crippen LogP contribution in [0.4, 0.5) is 0 Å². The molecule has 3 rings (SSSR count). The van der Waals surface area contributed by atoms with E-state index in [1.165, 1.54) is 11.3 Å². The molecule has 1 aliphatic heterocycles. The summed E-state index contributed by atoms with van der Waals surface area (Å²) in [6.07, 6.45) is 2.03. The molecule has 5 nitrogen and oxygen atoms in total. The highest BCUT2D eigenvalue weighted by Gasteiger charge is 2.27. The van der Waals surface area contributed by atoms with Crippen molar-refractivity contribution in [3.8, 4) is 0 Å². The minimum Gasteiger partial charge on any atom is -0.348 e. The number of carbonyl (C=O) groups is 2. The van der Waals surface area contributed by atoms with E-state index < -0.39 is 0 Å². The molecule has 0 radical (unpaired) electrons. The second kappa shape index (κ2) is 5.73. The van der Waals surface area contributed by atoms with Crippen molar-refractivity contribution in [2.75, 3.05) is 13.1 Å². The minimum atomic E-state index is -0.189. The van der Waals surface area contributed by atoms with E-state index in [0.717, 1.165) is 12.2 Å². The predicted molar refractivity (Wildman–Crippen MR) is 81.2 cm³/mol. The number of nitrogens with zero attached hydrogens (tertiary/aromatic N) is 2. The lowest BCUT2D eigenvalue weighted by atomic mass is 10.1. The smallest absolute Gasteiger partial charge is 0.261 e. The first kappa shape index (κ1) is 13.9. The first-order valence-electron chi connectivity index (χ1n) is 6.93. The van der Waals surface area contributed by atoms with Gasteiger partial charge < -0.3 is 14.8 Å². The molecule has 2 aromatic heterocycles. The van der Waals surface area contributed by atoms with E-state index >= 15 is 0 Å². The van der Waals surface area contributed by atoms with E-state index in [1.807, 2.05) is 41.6 Å². The highest BCUT2D eigenvalue weighted by Crippen LogP contribution is 2.25. The average molecular weight is 303 g/mol. The molecule has 0 saturated carbocycles. The average Bonchev–Trinajstić information content (AvgIpc) is 3.15. The summed E-state index contributed by atoms with van der Waals surface area (Å²) >= 11 is 1.37. The van der Waals surface area contributed by atoms with Crippen LogP contribution in [0.2, 0.25) is 0 Å². The zero-order chi connectivity index (χ0) is 14.8. The van der Waals surface area contributed by atoms with Crippen LogP contribution in [-0.4, -0.2) is 34.4 Å². The molecule has 1 atom stereocenters. The van der Waals surface area contributed by atoms with Gasteiger partial charge in [-0.3, -0.25) is 9.59 Å².